The van der Waals surface area contributed by atoms with E-state index in [4.69, 9.17) is 16.1 Å². The highest BCUT2D eigenvalue weighted by Gasteiger charge is 2.38. The molecule has 0 aromatic carbocycles. The van der Waals surface area contributed by atoms with Crippen LogP contribution in [0.15, 0.2) is 4.52 Å². The molecule has 3 nitrogen and oxygen atoms in total. The number of nitrogens with zero attached hydrogens (tertiary/aromatic N) is 2. The molecule has 0 amide bonds. The lowest BCUT2D eigenvalue weighted by Crippen LogP contribution is -2.25. The van der Waals surface area contributed by atoms with Gasteiger partial charge in [-0.15, -0.1) is 11.6 Å². The number of aromatic nitrogens is 2. The maximum absolute atomic E-state index is 13.1. The summed E-state index contributed by atoms with van der Waals surface area (Å²) in [6.45, 7) is 0. The molecule has 1 fully saturated rings. The van der Waals surface area contributed by atoms with E-state index in [1.165, 1.54) is 0 Å². The normalized spacial score (nSPS) is 25.4. The van der Waals surface area contributed by atoms with E-state index in [2.05, 4.69) is 10.1 Å². The second kappa shape index (κ2) is 4.04. The lowest BCUT2D eigenvalue weighted by Gasteiger charge is -2.26. The first-order chi connectivity index (χ1) is 7.11. The minimum absolute atomic E-state index is 0.0380. The number of hydrogen-bond donors (Lipinski definition) is 0. The molecule has 6 heteroatoms. The van der Waals surface area contributed by atoms with Gasteiger partial charge in [0, 0.05) is 18.8 Å². The molecule has 1 aliphatic rings. The Morgan fingerprint density at radius 2 is 2.33 bits per heavy atom. The Morgan fingerprint density at radius 1 is 1.53 bits per heavy atom. The molecule has 1 saturated carbocycles. The molecular weight excluding hydrogens is 226 g/mol. The predicted octanol–water partition coefficient (Wildman–Crippen LogP) is 3.10. The van der Waals surface area contributed by atoms with Gasteiger partial charge in [0.05, 0.1) is 0 Å². The molecule has 0 bridgehead atoms. The first kappa shape index (κ1) is 10.8. The number of alkyl halides is 3. The zero-order valence-corrected chi connectivity index (χ0v) is 8.81. The Balaban J connectivity index is 2.10. The zero-order chi connectivity index (χ0) is 10.9. The predicted molar refractivity (Wildman–Crippen MR) is 50.0 cm³/mol. The first-order valence-corrected chi connectivity index (χ1v) is 5.40. The van der Waals surface area contributed by atoms with Crippen LogP contribution >= 0.6 is 11.6 Å². The van der Waals surface area contributed by atoms with Crippen LogP contribution in [-0.2, 0) is 5.88 Å². The monoisotopic (exact) mass is 236 g/mol. The van der Waals surface area contributed by atoms with Crippen molar-refractivity contribution in [3.8, 4) is 0 Å². The van der Waals surface area contributed by atoms with Gasteiger partial charge in [0.25, 0.3) is 0 Å². The quantitative estimate of drug-likeness (QED) is 0.741. The fourth-order valence-electron chi connectivity index (χ4n) is 1.88. The Hall–Kier alpha value is -0.710. The molecule has 1 aliphatic carbocycles. The van der Waals surface area contributed by atoms with Crippen LogP contribution in [0, 0.1) is 0 Å². The minimum Gasteiger partial charge on any atom is -0.338 e. The summed E-state index contributed by atoms with van der Waals surface area (Å²) in [7, 11) is 0. The van der Waals surface area contributed by atoms with Gasteiger partial charge in [-0.3, -0.25) is 0 Å². The summed E-state index contributed by atoms with van der Waals surface area (Å²) in [6.07, 6.45) is 0.969. The van der Waals surface area contributed by atoms with Crippen LogP contribution in [0.4, 0.5) is 8.78 Å². The molecule has 1 unspecified atom stereocenters. The van der Waals surface area contributed by atoms with Gasteiger partial charge in [0.2, 0.25) is 11.8 Å². The highest BCUT2D eigenvalue weighted by Crippen LogP contribution is 2.40. The van der Waals surface area contributed by atoms with Gasteiger partial charge < -0.3 is 4.52 Å². The molecule has 0 aliphatic heterocycles. The number of rotatable bonds is 2. The van der Waals surface area contributed by atoms with Gasteiger partial charge in [-0.2, -0.15) is 4.98 Å². The summed E-state index contributed by atoms with van der Waals surface area (Å²) in [4.78, 5) is 3.97. The standard InChI is InChI=1S/C9H11ClF2N2O/c10-5-7-13-8(14-15-7)6-2-1-3-9(11,12)4-6/h6H,1-5H2. The van der Waals surface area contributed by atoms with Crippen LogP contribution in [0.25, 0.3) is 0 Å². The zero-order valence-electron chi connectivity index (χ0n) is 8.05. The maximum Gasteiger partial charge on any atom is 0.248 e. The smallest absolute Gasteiger partial charge is 0.248 e. The summed E-state index contributed by atoms with van der Waals surface area (Å²) >= 11 is 5.49. The van der Waals surface area contributed by atoms with E-state index in [0.29, 0.717) is 24.6 Å². The van der Waals surface area contributed by atoms with Crippen LogP contribution in [-0.4, -0.2) is 16.1 Å². The van der Waals surface area contributed by atoms with Crippen molar-refractivity contribution in [2.75, 3.05) is 0 Å². The van der Waals surface area contributed by atoms with Crippen LogP contribution in [0.5, 0.6) is 0 Å². The van der Waals surface area contributed by atoms with E-state index in [0.717, 1.165) is 0 Å². The lowest BCUT2D eigenvalue weighted by molar-refractivity contribution is -0.0418. The van der Waals surface area contributed by atoms with Gasteiger partial charge >= 0.3 is 0 Å². The van der Waals surface area contributed by atoms with Gasteiger partial charge in [-0.25, -0.2) is 8.78 Å². The topological polar surface area (TPSA) is 38.9 Å². The van der Waals surface area contributed by atoms with Crippen molar-refractivity contribution < 1.29 is 13.3 Å². The molecule has 1 aromatic heterocycles. The van der Waals surface area contributed by atoms with Crippen LogP contribution in [0.3, 0.4) is 0 Å². The average molecular weight is 237 g/mol. The molecule has 2 rings (SSSR count). The molecule has 84 valence electrons. The van der Waals surface area contributed by atoms with Crippen molar-refractivity contribution >= 4 is 11.6 Å². The third kappa shape index (κ3) is 2.45. The number of halogens is 3. The molecule has 1 heterocycles. The lowest BCUT2D eigenvalue weighted by atomic mass is 9.86. The summed E-state index contributed by atoms with van der Waals surface area (Å²) in [5, 5.41) is 3.67. The molecule has 0 radical (unpaired) electrons. The SMILES string of the molecule is FC1(F)CCCC(c2noc(CCl)n2)C1. The summed E-state index contributed by atoms with van der Waals surface area (Å²) in [6, 6.07) is 0. The van der Waals surface area contributed by atoms with Gasteiger partial charge in [0.1, 0.15) is 5.88 Å². The van der Waals surface area contributed by atoms with Crippen molar-refractivity contribution in [1.29, 1.82) is 0 Å². The Morgan fingerprint density at radius 3 is 2.93 bits per heavy atom. The first-order valence-electron chi connectivity index (χ1n) is 4.87. The molecule has 0 spiro atoms. The average Bonchev–Trinajstić information content (AvgIpc) is 2.64. The van der Waals surface area contributed by atoms with Crippen molar-refractivity contribution in [3.63, 3.8) is 0 Å². The summed E-state index contributed by atoms with van der Waals surface area (Å²) in [5.74, 6) is -2.11. The van der Waals surface area contributed by atoms with Crippen molar-refractivity contribution in [2.24, 2.45) is 0 Å². The number of hydrogen-bond acceptors (Lipinski definition) is 3. The molecule has 1 aromatic rings. The third-order valence-electron chi connectivity index (χ3n) is 2.60. The highest BCUT2D eigenvalue weighted by atomic mass is 35.5. The van der Waals surface area contributed by atoms with Crippen molar-refractivity contribution in [3.05, 3.63) is 11.7 Å². The van der Waals surface area contributed by atoms with E-state index >= 15 is 0 Å². The molecule has 0 N–H and O–H groups in total. The minimum atomic E-state index is -2.59. The van der Waals surface area contributed by atoms with Crippen molar-refractivity contribution in [1.82, 2.24) is 10.1 Å². The highest BCUT2D eigenvalue weighted by molar-refractivity contribution is 6.16. The van der Waals surface area contributed by atoms with E-state index in [9.17, 15) is 8.78 Å². The Bertz CT molecular complexity index is 343. The van der Waals surface area contributed by atoms with Gasteiger partial charge in [-0.05, 0) is 12.8 Å². The molecular formula is C9H11ClF2N2O. The molecule has 1 atom stereocenters. The van der Waals surface area contributed by atoms with E-state index in [-0.39, 0.29) is 24.6 Å². The summed E-state index contributed by atoms with van der Waals surface area (Å²) < 4.78 is 31.0. The van der Waals surface area contributed by atoms with Crippen LogP contribution in [0.1, 0.15) is 43.3 Å². The second-order valence-electron chi connectivity index (χ2n) is 3.83. The van der Waals surface area contributed by atoms with Crippen LogP contribution < -0.4 is 0 Å². The second-order valence-corrected chi connectivity index (χ2v) is 4.10. The fourth-order valence-corrected chi connectivity index (χ4v) is 1.99. The largest absolute Gasteiger partial charge is 0.338 e. The van der Waals surface area contributed by atoms with E-state index in [1.54, 1.807) is 0 Å². The summed E-state index contributed by atoms with van der Waals surface area (Å²) in [5.41, 5.74) is 0. The van der Waals surface area contributed by atoms with E-state index < -0.39 is 5.92 Å². The fraction of sp³-hybridized carbons (Fsp3) is 0.778. The van der Waals surface area contributed by atoms with Crippen molar-refractivity contribution in [2.45, 2.75) is 43.4 Å². The van der Waals surface area contributed by atoms with Gasteiger partial charge in [-0.1, -0.05) is 5.16 Å². The molecule has 0 saturated heterocycles. The Labute approximate surface area is 90.8 Å². The Kier molecular flexibility index (Phi) is 2.91. The maximum atomic E-state index is 13.1. The van der Waals surface area contributed by atoms with Gasteiger partial charge in [0.15, 0.2) is 5.82 Å². The van der Waals surface area contributed by atoms with E-state index in [1.807, 2.05) is 0 Å². The van der Waals surface area contributed by atoms with Crippen LogP contribution in [0.2, 0.25) is 0 Å². The third-order valence-corrected chi connectivity index (χ3v) is 2.83. The molecule has 15 heavy (non-hydrogen) atoms.